The Balaban J connectivity index is 3.39. The third-order valence-electron chi connectivity index (χ3n) is 0.456. The van der Waals surface area contributed by atoms with E-state index in [1.807, 2.05) is 0 Å². The van der Waals surface area contributed by atoms with Gasteiger partial charge in [0.05, 0.1) is 0 Å². The second-order valence-corrected chi connectivity index (χ2v) is 12.0. The second kappa shape index (κ2) is 3.04. The quantitative estimate of drug-likeness (QED) is 0.611. The van der Waals surface area contributed by atoms with Gasteiger partial charge < -0.3 is 0 Å². The molecule has 0 aliphatic carbocycles. The molecule has 0 aromatic carbocycles. The van der Waals surface area contributed by atoms with E-state index >= 15 is 0 Å². The molecule has 0 saturated heterocycles. The maximum absolute atomic E-state index is 5.72. The third kappa shape index (κ3) is 6.74. The fourth-order valence-corrected chi connectivity index (χ4v) is 8.54. The molecule has 0 amide bonds. The zero-order chi connectivity index (χ0) is 6.78. The summed E-state index contributed by atoms with van der Waals surface area (Å²) in [4.78, 5) is 0. The van der Waals surface area contributed by atoms with Crippen LogP contribution < -0.4 is 0 Å². The molecule has 0 saturated carbocycles. The molecule has 0 aliphatic rings. The van der Waals surface area contributed by atoms with Gasteiger partial charge in [-0.15, -0.1) is 0 Å². The van der Waals surface area contributed by atoms with Gasteiger partial charge in [-0.2, -0.15) is 0 Å². The maximum atomic E-state index is 5.72. The zero-order valence-corrected chi connectivity index (χ0v) is 9.23. The molecule has 0 aromatic rings. The number of hydrogen-bond acceptors (Lipinski definition) is 1. The Labute approximate surface area is 58.2 Å². The normalized spacial score (nSPS) is 12.8. The van der Waals surface area contributed by atoms with E-state index in [0.717, 1.165) is 0 Å². The molecule has 0 aliphatic heterocycles. The van der Waals surface area contributed by atoms with Crippen LogP contribution in [0.15, 0.2) is 0 Å². The van der Waals surface area contributed by atoms with Crippen molar-refractivity contribution in [1.29, 1.82) is 0 Å². The topological polar surface area (TPSA) is 9.23 Å². The molecule has 0 bridgehead atoms. The second-order valence-electron chi connectivity index (χ2n) is 3.02. The van der Waals surface area contributed by atoms with Crippen molar-refractivity contribution >= 4 is 23.3 Å². The Kier molecular flexibility index (Phi) is 3.32. The molecular formula is C5H15AsOSi. The van der Waals surface area contributed by atoms with Gasteiger partial charge in [0.15, 0.2) is 0 Å². The Morgan fingerprint density at radius 3 is 1.50 bits per heavy atom. The Hall–Kier alpha value is 0.735. The minimum atomic E-state index is -1.16. The van der Waals surface area contributed by atoms with Crippen molar-refractivity contribution in [3.63, 3.8) is 0 Å². The first-order valence-electron chi connectivity index (χ1n) is 2.78. The summed E-state index contributed by atoms with van der Waals surface area (Å²) in [5, 5.41) is 0. The van der Waals surface area contributed by atoms with Gasteiger partial charge in [0.25, 0.3) is 0 Å². The minimum absolute atomic E-state index is 0.791. The molecule has 50 valence electrons. The van der Waals surface area contributed by atoms with Gasteiger partial charge in [0.2, 0.25) is 0 Å². The Morgan fingerprint density at radius 1 is 1.12 bits per heavy atom. The van der Waals surface area contributed by atoms with E-state index < -0.39 is 23.3 Å². The first-order valence-corrected chi connectivity index (χ1v) is 10.7. The van der Waals surface area contributed by atoms with E-state index in [9.17, 15) is 0 Å². The van der Waals surface area contributed by atoms with Crippen molar-refractivity contribution in [1.82, 2.24) is 0 Å². The van der Waals surface area contributed by atoms with Crippen molar-refractivity contribution in [2.45, 2.75) is 31.1 Å². The van der Waals surface area contributed by atoms with Crippen LogP contribution in [0.2, 0.25) is 31.1 Å². The molecule has 0 atom stereocenters. The summed E-state index contributed by atoms with van der Waals surface area (Å²) in [5.74, 6) is 0. The molecule has 0 radical (unpaired) electrons. The average molecular weight is 194 g/mol. The SMILES string of the molecule is C[As](C)O[Si](C)(C)C. The van der Waals surface area contributed by atoms with E-state index in [0.29, 0.717) is 0 Å². The summed E-state index contributed by atoms with van der Waals surface area (Å²) in [6.07, 6.45) is 0. The van der Waals surface area contributed by atoms with Gasteiger partial charge in [-0.1, -0.05) is 0 Å². The van der Waals surface area contributed by atoms with Crippen LogP contribution in [0.1, 0.15) is 0 Å². The molecule has 0 aromatic heterocycles. The van der Waals surface area contributed by atoms with Crippen LogP contribution in [0.25, 0.3) is 0 Å². The van der Waals surface area contributed by atoms with E-state index in [1.54, 1.807) is 0 Å². The average Bonchev–Trinajstić information content (AvgIpc) is 1.21. The number of hydrogen-bond donors (Lipinski definition) is 0. The fraction of sp³-hybridized carbons (Fsp3) is 1.00. The first kappa shape index (κ1) is 8.74. The van der Waals surface area contributed by atoms with Gasteiger partial charge in [-0.3, -0.25) is 0 Å². The number of rotatable bonds is 2. The summed E-state index contributed by atoms with van der Waals surface area (Å²) >= 11 is -0.791. The molecule has 8 heavy (non-hydrogen) atoms. The monoisotopic (exact) mass is 194 g/mol. The van der Waals surface area contributed by atoms with Gasteiger partial charge in [0, 0.05) is 0 Å². The van der Waals surface area contributed by atoms with Crippen LogP contribution in [-0.2, 0) is 3.42 Å². The fourth-order valence-electron chi connectivity index (χ4n) is 0.548. The van der Waals surface area contributed by atoms with Gasteiger partial charge in [-0.05, 0) is 0 Å². The molecule has 0 N–H and O–H groups in total. The van der Waals surface area contributed by atoms with Crippen molar-refractivity contribution in [2.24, 2.45) is 0 Å². The molecule has 0 heterocycles. The van der Waals surface area contributed by atoms with Crippen LogP contribution in [0.3, 0.4) is 0 Å². The van der Waals surface area contributed by atoms with Gasteiger partial charge >= 0.3 is 57.8 Å². The summed E-state index contributed by atoms with van der Waals surface area (Å²) < 4.78 is 5.72. The molecule has 1 nitrogen and oxygen atoms in total. The Bertz CT molecular complexity index is 67.3. The van der Waals surface area contributed by atoms with Crippen molar-refractivity contribution in [2.75, 3.05) is 0 Å². The van der Waals surface area contributed by atoms with Crippen molar-refractivity contribution in [3.8, 4) is 0 Å². The summed E-state index contributed by atoms with van der Waals surface area (Å²) in [6, 6.07) is 0. The van der Waals surface area contributed by atoms with E-state index in [4.69, 9.17) is 3.42 Å². The first-order chi connectivity index (χ1) is 3.42. The molecule has 0 rings (SSSR count). The molecule has 0 spiro atoms. The summed E-state index contributed by atoms with van der Waals surface area (Å²) in [7, 11) is -1.16. The van der Waals surface area contributed by atoms with Crippen LogP contribution in [-0.4, -0.2) is 23.3 Å². The van der Waals surface area contributed by atoms with Crippen molar-refractivity contribution in [3.05, 3.63) is 0 Å². The molecular weight excluding hydrogens is 179 g/mol. The van der Waals surface area contributed by atoms with Crippen LogP contribution in [0, 0.1) is 0 Å². The predicted molar refractivity (Wildman–Crippen MR) is 41.9 cm³/mol. The van der Waals surface area contributed by atoms with Crippen molar-refractivity contribution < 1.29 is 3.42 Å². The van der Waals surface area contributed by atoms with E-state index in [-0.39, 0.29) is 0 Å². The predicted octanol–water partition coefficient (Wildman–Crippen LogP) is 2.09. The van der Waals surface area contributed by atoms with Crippen LogP contribution in [0.4, 0.5) is 0 Å². The van der Waals surface area contributed by atoms with E-state index in [1.165, 1.54) is 0 Å². The zero-order valence-electron chi connectivity index (χ0n) is 6.36. The molecule has 0 unspecified atom stereocenters. The standard InChI is InChI=1S/C5H15AsOSi/c1-6(2)7-8(3,4)5/h1-5H3. The summed E-state index contributed by atoms with van der Waals surface area (Å²) in [6.45, 7) is 6.71. The van der Waals surface area contributed by atoms with Crippen LogP contribution >= 0.6 is 0 Å². The third-order valence-corrected chi connectivity index (χ3v) is 7.12. The Morgan fingerprint density at radius 2 is 1.50 bits per heavy atom. The van der Waals surface area contributed by atoms with E-state index in [2.05, 4.69) is 31.1 Å². The molecule has 0 fully saturated rings. The van der Waals surface area contributed by atoms with Gasteiger partial charge in [0.1, 0.15) is 0 Å². The van der Waals surface area contributed by atoms with Crippen LogP contribution in [0.5, 0.6) is 0 Å². The van der Waals surface area contributed by atoms with Gasteiger partial charge in [-0.25, -0.2) is 0 Å². The summed E-state index contributed by atoms with van der Waals surface area (Å²) in [5.41, 5.74) is 4.45. The molecule has 3 heteroatoms.